The molecule has 6 heteroatoms. The van der Waals surface area contributed by atoms with Gasteiger partial charge in [0.15, 0.2) is 0 Å². The summed E-state index contributed by atoms with van der Waals surface area (Å²) in [6, 6.07) is 0. The molecule has 17 heavy (non-hydrogen) atoms. The Bertz CT molecular complexity index is 264. The molecule has 0 aromatic rings. The van der Waals surface area contributed by atoms with Crippen molar-refractivity contribution in [2.45, 2.75) is 6.92 Å². The number of carbonyl (C=O) groups is 2. The van der Waals surface area contributed by atoms with Crippen LogP contribution >= 0.6 is 0 Å². The molecule has 0 aromatic carbocycles. The van der Waals surface area contributed by atoms with Crippen LogP contribution in [0.4, 0.5) is 0 Å². The second-order valence-corrected chi connectivity index (χ2v) is 3.97. The molecule has 0 spiro atoms. The van der Waals surface area contributed by atoms with E-state index in [0.29, 0.717) is 32.9 Å². The molecule has 6 nitrogen and oxygen atoms in total. The standard InChI is InChI=1S/C11H20N2O4/c1-3-17-11(15)9-12(2)8-10(14)13-4-6-16-7-5-13/h3-9H2,1-2H3. The molecule has 0 aromatic heterocycles. The van der Waals surface area contributed by atoms with E-state index in [1.165, 1.54) is 0 Å². The van der Waals surface area contributed by atoms with Crippen LogP contribution in [0.5, 0.6) is 0 Å². The highest BCUT2D eigenvalue weighted by Crippen LogP contribution is 1.98. The van der Waals surface area contributed by atoms with Gasteiger partial charge in [0.2, 0.25) is 5.91 Å². The molecule has 1 aliphatic heterocycles. The summed E-state index contributed by atoms with van der Waals surface area (Å²) in [5, 5.41) is 0. The Kier molecular flexibility index (Phi) is 5.93. The zero-order valence-electron chi connectivity index (χ0n) is 10.5. The maximum absolute atomic E-state index is 11.8. The van der Waals surface area contributed by atoms with Gasteiger partial charge in [-0.1, -0.05) is 0 Å². The molecule has 0 bridgehead atoms. The van der Waals surface area contributed by atoms with Crippen LogP contribution in [0.15, 0.2) is 0 Å². The van der Waals surface area contributed by atoms with Gasteiger partial charge in [-0.05, 0) is 14.0 Å². The summed E-state index contributed by atoms with van der Waals surface area (Å²) in [6.07, 6.45) is 0. The summed E-state index contributed by atoms with van der Waals surface area (Å²) in [5.74, 6) is -0.273. The van der Waals surface area contributed by atoms with Gasteiger partial charge in [0, 0.05) is 13.1 Å². The third-order valence-corrected chi connectivity index (χ3v) is 2.47. The van der Waals surface area contributed by atoms with Gasteiger partial charge in [0.05, 0.1) is 32.9 Å². The van der Waals surface area contributed by atoms with Gasteiger partial charge in [-0.3, -0.25) is 14.5 Å². The van der Waals surface area contributed by atoms with Crippen molar-refractivity contribution >= 4 is 11.9 Å². The molecule has 1 amide bonds. The summed E-state index contributed by atoms with van der Waals surface area (Å²) in [4.78, 5) is 26.4. The van der Waals surface area contributed by atoms with E-state index in [1.807, 2.05) is 0 Å². The first-order valence-electron chi connectivity index (χ1n) is 5.83. The maximum Gasteiger partial charge on any atom is 0.320 e. The van der Waals surface area contributed by atoms with E-state index < -0.39 is 0 Å². The summed E-state index contributed by atoms with van der Waals surface area (Å²) in [7, 11) is 1.73. The molecule has 1 rings (SSSR count). The van der Waals surface area contributed by atoms with E-state index in [4.69, 9.17) is 9.47 Å². The highest BCUT2D eigenvalue weighted by atomic mass is 16.5. The number of rotatable bonds is 5. The molecule has 0 unspecified atom stereocenters. The van der Waals surface area contributed by atoms with E-state index in [1.54, 1.807) is 23.8 Å². The van der Waals surface area contributed by atoms with E-state index >= 15 is 0 Å². The van der Waals surface area contributed by atoms with Crippen LogP contribution in [0.1, 0.15) is 6.92 Å². The third-order valence-electron chi connectivity index (χ3n) is 2.47. The first-order valence-corrected chi connectivity index (χ1v) is 5.83. The molecular weight excluding hydrogens is 224 g/mol. The van der Waals surface area contributed by atoms with Gasteiger partial charge in [0.1, 0.15) is 0 Å². The fourth-order valence-electron chi connectivity index (χ4n) is 1.63. The lowest BCUT2D eigenvalue weighted by Crippen LogP contribution is -2.45. The van der Waals surface area contributed by atoms with Gasteiger partial charge >= 0.3 is 5.97 Å². The van der Waals surface area contributed by atoms with Crippen molar-refractivity contribution in [3.8, 4) is 0 Å². The number of morpholine rings is 1. The van der Waals surface area contributed by atoms with Crippen LogP contribution in [0, 0.1) is 0 Å². The SMILES string of the molecule is CCOC(=O)CN(C)CC(=O)N1CCOCC1. The third kappa shape index (κ3) is 5.14. The number of nitrogens with zero attached hydrogens (tertiary/aromatic N) is 2. The molecule has 0 atom stereocenters. The Morgan fingerprint density at radius 1 is 1.29 bits per heavy atom. The highest BCUT2D eigenvalue weighted by molar-refractivity contribution is 5.79. The number of ether oxygens (including phenoxy) is 2. The second kappa shape index (κ2) is 7.24. The monoisotopic (exact) mass is 244 g/mol. The smallest absolute Gasteiger partial charge is 0.320 e. The van der Waals surface area contributed by atoms with Crippen LogP contribution in [-0.2, 0) is 19.1 Å². The fourth-order valence-corrected chi connectivity index (χ4v) is 1.63. The summed E-state index contributed by atoms with van der Waals surface area (Å²) in [5.41, 5.74) is 0. The quantitative estimate of drug-likeness (QED) is 0.601. The van der Waals surface area contributed by atoms with E-state index in [9.17, 15) is 9.59 Å². The summed E-state index contributed by atoms with van der Waals surface area (Å²) in [6.45, 7) is 4.95. The predicted octanol–water partition coefficient (Wildman–Crippen LogP) is -0.660. The van der Waals surface area contributed by atoms with Gasteiger partial charge in [-0.2, -0.15) is 0 Å². The largest absolute Gasteiger partial charge is 0.465 e. The topological polar surface area (TPSA) is 59.1 Å². The van der Waals surface area contributed by atoms with Crippen molar-refractivity contribution in [1.29, 1.82) is 0 Å². The van der Waals surface area contributed by atoms with Gasteiger partial charge < -0.3 is 14.4 Å². The Balaban J connectivity index is 2.26. The van der Waals surface area contributed by atoms with Crippen LogP contribution < -0.4 is 0 Å². The molecule has 1 saturated heterocycles. The average Bonchev–Trinajstić information content (AvgIpc) is 2.30. The van der Waals surface area contributed by atoms with Crippen LogP contribution in [0.3, 0.4) is 0 Å². The molecule has 0 N–H and O–H groups in total. The Hall–Kier alpha value is -1.14. The zero-order chi connectivity index (χ0) is 12.7. The molecule has 1 aliphatic rings. The Labute approximate surface area is 101 Å². The minimum atomic E-state index is -0.301. The van der Waals surface area contributed by atoms with Crippen molar-refractivity contribution in [2.75, 3.05) is 53.0 Å². The molecule has 1 heterocycles. The number of likely N-dealkylation sites (N-methyl/N-ethyl adjacent to an activating group) is 1. The second-order valence-electron chi connectivity index (χ2n) is 3.97. The minimum Gasteiger partial charge on any atom is -0.465 e. The first kappa shape index (κ1) is 13.9. The van der Waals surface area contributed by atoms with E-state index in [2.05, 4.69) is 0 Å². The number of hydrogen-bond acceptors (Lipinski definition) is 5. The number of esters is 1. The lowest BCUT2D eigenvalue weighted by molar-refractivity contribution is -0.145. The van der Waals surface area contributed by atoms with Crippen molar-refractivity contribution in [2.24, 2.45) is 0 Å². The van der Waals surface area contributed by atoms with Crippen LogP contribution in [0.2, 0.25) is 0 Å². The van der Waals surface area contributed by atoms with E-state index in [-0.39, 0.29) is 25.0 Å². The number of amides is 1. The van der Waals surface area contributed by atoms with Crippen LogP contribution in [-0.4, -0.2) is 74.7 Å². The Morgan fingerprint density at radius 2 is 1.94 bits per heavy atom. The fraction of sp³-hybridized carbons (Fsp3) is 0.818. The number of hydrogen-bond donors (Lipinski definition) is 0. The Morgan fingerprint density at radius 3 is 2.53 bits per heavy atom. The van der Waals surface area contributed by atoms with Crippen molar-refractivity contribution in [3.05, 3.63) is 0 Å². The lowest BCUT2D eigenvalue weighted by Gasteiger charge is -2.28. The summed E-state index contributed by atoms with van der Waals surface area (Å²) < 4.78 is 9.98. The maximum atomic E-state index is 11.8. The predicted molar refractivity (Wildman–Crippen MR) is 61.5 cm³/mol. The van der Waals surface area contributed by atoms with Gasteiger partial charge in [-0.25, -0.2) is 0 Å². The highest BCUT2D eigenvalue weighted by Gasteiger charge is 2.19. The van der Waals surface area contributed by atoms with Crippen LogP contribution in [0.25, 0.3) is 0 Å². The molecule has 0 saturated carbocycles. The molecular formula is C11H20N2O4. The van der Waals surface area contributed by atoms with E-state index in [0.717, 1.165) is 0 Å². The molecule has 0 radical (unpaired) electrons. The van der Waals surface area contributed by atoms with Crippen molar-refractivity contribution < 1.29 is 19.1 Å². The molecule has 98 valence electrons. The first-order chi connectivity index (χ1) is 8.13. The van der Waals surface area contributed by atoms with Gasteiger partial charge in [0.25, 0.3) is 0 Å². The molecule has 1 fully saturated rings. The molecule has 0 aliphatic carbocycles. The lowest BCUT2D eigenvalue weighted by atomic mass is 10.4. The van der Waals surface area contributed by atoms with Crippen molar-refractivity contribution in [1.82, 2.24) is 9.80 Å². The van der Waals surface area contributed by atoms with Gasteiger partial charge in [-0.15, -0.1) is 0 Å². The zero-order valence-corrected chi connectivity index (χ0v) is 10.5. The minimum absolute atomic E-state index is 0.0279. The normalized spacial score (nSPS) is 16.1. The summed E-state index contributed by atoms with van der Waals surface area (Å²) >= 11 is 0. The average molecular weight is 244 g/mol. The van der Waals surface area contributed by atoms with Crippen molar-refractivity contribution in [3.63, 3.8) is 0 Å². The number of carbonyl (C=O) groups excluding carboxylic acids is 2.